The Hall–Kier alpha value is -2.29. The van der Waals surface area contributed by atoms with Gasteiger partial charge in [0, 0.05) is 5.02 Å². The molecule has 1 amide bonds. The summed E-state index contributed by atoms with van der Waals surface area (Å²) in [6, 6.07) is 6.15. The average molecular weight is 451 g/mol. The molecule has 1 heterocycles. The second-order valence-corrected chi connectivity index (χ2v) is 6.71. The van der Waals surface area contributed by atoms with Crippen LogP contribution in [0.2, 0.25) is 15.1 Å². The van der Waals surface area contributed by atoms with Crippen molar-refractivity contribution in [2.45, 2.75) is 6.18 Å². The number of alkyl halides is 3. The monoisotopic (exact) mass is 449 g/mol. The van der Waals surface area contributed by atoms with Crippen LogP contribution >= 0.6 is 34.8 Å². The zero-order chi connectivity index (χ0) is 20.5. The minimum atomic E-state index is -4.69. The van der Waals surface area contributed by atoms with E-state index in [4.69, 9.17) is 39.5 Å². The molecule has 2 aromatic carbocycles. The standard InChI is InChI=1S/C17H9Cl3F3N3O2/c18-8-4-9-14(12(20)5-8)24-7-25-16(9)28-6-13(27)26-15-10(17(21,22)23)2-1-3-11(15)19/h1-5,7H,6H2,(H,26,27). The second kappa shape index (κ2) is 7.98. The number of nitrogens with zero attached hydrogens (tertiary/aromatic N) is 2. The third kappa shape index (κ3) is 4.40. The van der Waals surface area contributed by atoms with Gasteiger partial charge in [-0.05, 0) is 24.3 Å². The van der Waals surface area contributed by atoms with Gasteiger partial charge in [0.15, 0.2) is 6.61 Å². The maximum Gasteiger partial charge on any atom is 0.418 e. The molecule has 0 bridgehead atoms. The number of carbonyl (C=O) groups excluding carboxylic acids is 1. The number of hydrogen-bond acceptors (Lipinski definition) is 4. The normalized spacial score (nSPS) is 11.5. The summed E-state index contributed by atoms with van der Waals surface area (Å²) >= 11 is 17.8. The number of para-hydroxylation sites is 1. The van der Waals surface area contributed by atoms with E-state index < -0.39 is 29.9 Å². The van der Waals surface area contributed by atoms with E-state index in [9.17, 15) is 18.0 Å². The summed E-state index contributed by atoms with van der Waals surface area (Å²) in [4.78, 5) is 20.0. The summed E-state index contributed by atoms with van der Waals surface area (Å²) in [6.45, 7) is -0.626. The first-order valence-corrected chi connectivity index (χ1v) is 8.68. The highest BCUT2D eigenvalue weighted by Crippen LogP contribution is 2.38. The van der Waals surface area contributed by atoms with Crippen molar-refractivity contribution in [3.63, 3.8) is 0 Å². The second-order valence-electron chi connectivity index (χ2n) is 5.46. The lowest BCUT2D eigenvalue weighted by atomic mass is 10.1. The highest BCUT2D eigenvalue weighted by molar-refractivity contribution is 6.38. The molecule has 1 aromatic heterocycles. The van der Waals surface area contributed by atoms with E-state index in [2.05, 4.69) is 15.3 Å². The number of amides is 1. The van der Waals surface area contributed by atoms with E-state index in [1.165, 1.54) is 24.5 Å². The molecular formula is C17H9Cl3F3N3O2. The van der Waals surface area contributed by atoms with E-state index in [1.807, 2.05) is 0 Å². The third-order valence-corrected chi connectivity index (χ3v) is 4.37. The van der Waals surface area contributed by atoms with Gasteiger partial charge < -0.3 is 10.1 Å². The Morgan fingerprint density at radius 1 is 1.11 bits per heavy atom. The van der Waals surface area contributed by atoms with Crippen molar-refractivity contribution >= 4 is 57.3 Å². The molecule has 28 heavy (non-hydrogen) atoms. The van der Waals surface area contributed by atoms with Crippen molar-refractivity contribution in [2.24, 2.45) is 0 Å². The van der Waals surface area contributed by atoms with Gasteiger partial charge in [0.2, 0.25) is 5.88 Å². The fourth-order valence-corrected chi connectivity index (χ4v) is 3.14. The van der Waals surface area contributed by atoms with E-state index in [-0.39, 0.29) is 15.9 Å². The summed E-state index contributed by atoms with van der Waals surface area (Å²) in [5, 5.41) is 2.76. The molecule has 0 spiro atoms. The van der Waals surface area contributed by atoms with Gasteiger partial charge in [-0.3, -0.25) is 4.79 Å². The zero-order valence-electron chi connectivity index (χ0n) is 13.6. The van der Waals surface area contributed by atoms with E-state index in [1.54, 1.807) is 0 Å². The number of aromatic nitrogens is 2. The van der Waals surface area contributed by atoms with Crippen molar-refractivity contribution < 1.29 is 22.7 Å². The molecule has 146 valence electrons. The Balaban J connectivity index is 1.81. The highest BCUT2D eigenvalue weighted by Gasteiger charge is 2.34. The van der Waals surface area contributed by atoms with Crippen molar-refractivity contribution in [2.75, 3.05) is 11.9 Å². The maximum atomic E-state index is 13.1. The van der Waals surface area contributed by atoms with Gasteiger partial charge in [0.05, 0.1) is 32.2 Å². The molecule has 3 aromatic rings. The minimum Gasteiger partial charge on any atom is -0.467 e. The number of halogens is 6. The molecule has 5 nitrogen and oxygen atoms in total. The van der Waals surface area contributed by atoms with Crippen molar-refractivity contribution in [1.29, 1.82) is 0 Å². The summed E-state index contributed by atoms with van der Waals surface area (Å²) < 4.78 is 44.6. The summed E-state index contributed by atoms with van der Waals surface area (Å²) in [5.41, 5.74) is -1.27. The van der Waals surface area contributed by atoms with E-state index in [0.717, 1.165) is 12.1 Å². The number of hydrogen-bond donors (Lipinski definition) is 1. The van der Waals surface area contributed by atoms with Crippen LogP contribution in [0.5, 0.6) is 5.88 Å². The Morgan fingerprint density at radius 2 is 1.86 bits per heavy atom. The summed E-state index contributed by atoms with van der Waals surface area (Å²) in [7, 11) is 0. The van der Waals surface area contributed by atoms with Gasteiger partial charge in [-0.2, -0.15) is 13.2 Å². The molecule has 0 aliphatic rings. The smallest absolute Gasteiger partial charge is 0.418 e. The number of ether oxygens (including phenoxy) is 1. The molecule has 0 unspecified atom stereocenters. The first kappa shape index (κ1) is 20.4. The van der Waals surface area contributed by atoms with Crippen LogP contribution < -0.4 is 10.1 Å². The van der Waals surface area contributed by atoms with Crippen molar-refractivity contribution in [1.82, 2.24) is 9.97 Å². The van der Waals surface area contributed by atoms with E-state index in [0.29, 0.717) is 15.9 Å². The highest BCUT2D eigenvalue weighted by atomic mass is 35.5. The minimum absolute atomic E-state index is 0.000228. The Bertz CT molecular complexity index is 1060. The fraction of sp³-hybridized carbons (Fsp3) is 0.118. The number of anilines is 1. The molecule has 0 radical (unpaired) electrons. The topological polar surface area (TPSA) is 64.1 Å². The Labute approximate surface area is 171 Å². The van der Waals surface area contributed by atoms with Gasteiger partial charge in [-0.15, -0.1) is 0 Å². The molecular weight excluding hydrogens is 442 g/mol. The van der Waals surface area contributed by atoms with Gasteiger partial charge in [-0.25, -0.2) is 9.97 Å². The molecule has 0 saturated heterocycles. The molecule has 0 saturated carbocycles. The van der Waals surface area contributed by atoms with Crippen molar-refractivity contribution in [3.8, 4) is 5.88 Å². The number of nitrogens with one attached hydrogen (secondary N) is 1. The predicted molar refractivity (Wildman–Crippen MR) is 100 cm³/mol. The van der Waals surface area contributed by atoms with Crippen LogP contribution in [0.4, 0.5) is 18.9 Å². The first-order valence-electron chi connectivity index (χ1n) is 7.55. The summed E-state index contributed by atoms with van der Waals surface area (Å²) in [6.07, 6.45) is -3.52. The average Bonchev–Trinajstić information content (AvgIpc) is 2.60. The molecule has 0 fully saturated rings. The maximum absolute atomic E-state index is 13.1. The summed E-state index contributed by atoms with van der Waals surface area (Å²) in [5.74, 6) is -0.863. The van der Waals surface area contributed by atoms with Crippen LogP contribution in [0.25, 0.3) is 10.9 Å². The van der Waals surface area contributed by atoms with Gasteiger partial charge >= 0.3 is 6.18 Å². The third-order valence-electron chi connectivity index (χ3n) is 3.54. The molecule has 0 atom stereocenters. The van der Waals surface area contributed by atoms with Gasteiger partial charge in [0.1, 0.15) is 6.33 Å². The van der Waals surface area contributed by atoms with Crippen LogP contribution in [-0.4, -0.2) is 22.5 Å². The lowest BCUT2D eigenvalue weighted by Crippen LogP contribution is -2.23. The molecule has 0 aliphatic heterocycles. The number of carbonyl (C=O) groups is 1. The zero-order valence-corrected chi connectivity index (χ0v) is 15.9. The molecule has 1 N–H and O–H groups in total. The number of fused-ring (bicyclic) bond motifs is 1. The Morgan fingerprint density at radius 3 is 2.57 bits per heavy atom. The molecule has 0 aliphatic carbocycles. The number of benzene rings is 2. The van der Waals surface area contributed by atoms with Crippen LogP contribution in [-0.2, 0) is 11.0 Å². The molecule has 11 heteroatoms. The fourth-order valence-electron chi connectivity index (χ4n) is 2.38. The molecule has 3 rings (SSSR count). The van der Waals surface area contributed by atoms with Crippen molar-refractivity contribution in [3.05, 3.63) is 57.3 Å². The predicted octanol–water partition coefficient (Wildman–Crippen LogP) is 5.63. The Kier molecular flexibility index (Phi) is 5.83. The van der Waals surface area contributed by atoms with Gasteiger partial charge in [0.25, 0.3) is 5.91 Å². The lowest BCUT2D eigenvalue weighted by Gasteiger charge is -2.15. The SMILES string of the molecule is O=C(COc1ncnc2c(Cl)cc(Cl)cc12)Nc1c(Cl)cccc1C(F)(F)F. The largest absolute Gasteiger partial charge is 0.467 e. The van der Waals surface area contributed by atoms with Gasteiger partial charge in [-0.1, -0.05) is 40.9 Å². The van der Waals surface area contributed by atoms with Crippen LogP contribution in [0.3, 0.4) is 0 Å². The van der Waals surface area contributed by atoms with Crippen LogP contribution in [0.1, 0.15) is 5.56 Å². The lowest BCUT2D eigenvalue weighted by molar-refractivity contribution is -0.137. The van der Waals surface area contributed by atoms with E-state index >= 15 is 0 Å². The van der Waals surface area contributed by atoms with Crippen LogP contribution in [0, 0.1) is 0 Å². The number of rotatable bonds is 4. The first-order chi connectivity index (χ1) is 13.2. The quantitative estimate of drug-likeness (QED) is 0.560. The van der Waals surface area contributed by atoms with Crippen LogP contribution in [0.15, 0.2) is 36.7 Å².